The molecule has 0 radical (unpaired) electrons. The third kappa shape index (κ3) is 2.99. The van der Waals surface area contributed by atoms with Gasteiger partial charge in [-0.05, 0) is 31.2 Å². The van der Waals surface area contributed by atoms with E-state index in [1.54, 1.807) is 0 Å². The van der Waals surface area contributed by atoms with Crippen molar-refractivity contribution in [1.29, 1.82) is 0 Å². The zero-order valence-corrected chi connectivity index (χ0v) is 11.9. The first-order valence-corrected chi connectivity index (χ1v) is 7.26. The number of likely N-dealkylation sites (N-methyl/N-ethyl adjacent to an activating group) is 1. The summed E-state index contributed by atoms with van der Waals surface area (Å²) in [5.41, 5.74) is 3.75. The minimum atomic E-state index is 0.612. The normalized spacial score (nSPS) is 18.4. The number of aromatic nitrogens is 1. The Morgan fingerprint density at radius 3 is 2.85 bits per heavy atom. The van der Waals surface area contributed by atoms with Gasteiger partial charge in [-0.3, -0.25) is 4.98 Å². The van der Waals surface area contributed by atoms with Crippen LogP contribution in [0.25, 0.3) is 0 Å². The highest BCUT2D eigenvalue weighted by Crippen LogP contribution is 2.21. The Hall–Kier alpha value is -1.87. The predicted octanol–water partition coefficient (Wildman–Crippen LogP) is 2.47. The van der Waals surface area contributed by atoms with Crippen molar-refractivity contribution in [3.05, 3.63) is 59.9 Å². The number of anilines is 1. The number of nitrogens with zero attached hydrogens (tertiary/aromatic N) is 2. The molecular formula is C17H21N3. The summed E-state index contributed by atoms with van der Waals surface area (Å²) in [6.45, 7) is 2.21. The number of benzene rings is 1. The quantitative estimate of drug-likeness (QED) is 0.922. The van der Waals surface area contributed by atoms with Gasteiger partial charge in [0.05, 0.1) is 0 Å². The Labute approximate surface area is 120 Å². The second-order valence-corrected chi connectivity index (χ2v) is 5.39. The molecular weight excluding hydrogens is 246 g/mol. The zero-order chi connectivity index (χ0) is 13.8. The van der Waals surface area contributed by atoms with Gasteiger partial charge in [-0.15, -0.1) is 0 Å². The van der Waals surface area contributed by atoms with Crippen LogP contribution in [0.4, 0.5) is 5.69 Å². The molecule has 1 fully saturated rings. The molecule has 1 aliphatic rings. The maximum absolute atomic E-state index is 4.50. The minimum Gasteiger partial charge on any atom is -0.370 e. The van der Waals surface area contributed by atoms with Gasteiger partial charge in [0.25, 0.3) is 0 Å². The number of hydrogen-bond donors (Lipinski definition) is 1. The second-order valence-electron chi connectivity index (χ2n) is 5.39. The number of nitrogens with one attached hydrogen (secondary N) is 1. The molecule has 2 aromatic rings. The topological polar surface area (TPSA) is 28.2 Å². The Morgan fingerprint density at radius 2 is 2.10 bits per heavy atom. The van der Waals surface area contributed by atoms with Gasteiger partial charge in [-0.2, -0.15) is 0 Å². The van der Waals surface area contributed by atoms with Gasteiger partial charge in [0, 0.05) is 43.1 Å². The summed E-state index contributed by atoms with van der Waals surface area (Å²) in [7, 11) is 2.04. The lowest BCUT2D eigenvalue weighted by molar-refractivity contribution is 0.617. The first-order valence-electron chi connectivity index (χ1n) is 7.26. The standard InChI is InChI=1S/C17H21N3/c1-18-15-8-10-20(13-15)17-7-9-19-16(12-17)11-14-5-3-2-4-6-14/h2-7,9,12,15,18H,8,10-11,13H2,1H3/t15-/m1/s1. The average molecular weight is 267 g/mol. The molecule has 1 atom stereocenters. The van der Waals surface area contributed by atoms with Crippen molar-refractivity contribution in [3.8, 4) is 0 Å². The highest BCUT2D eigenvalue weighted by molar-refractivity contribution is 5.48. The van der Waals surface area contributed by atoms with Crippen LogP contribution in [0, 0.1) is 0 Å². The molecule has 3 heteroatoms. The van der Waals surface area contributed by atoms with Crippen molar-refractivity contribution >= 4 is 5.69 Å². The predicted molar refractivity (Wildman–Crippen MR) is 83.2 cm³/mol. The molecule has 3 rings (SSSR count). The summed E-state index contributed by atoms with van der Waals surface area (Å²) in [4.78, 5) is 6.94. The van der Waals surface area contributed by atoms with Crippen LogP contribution in [0.15, 0.2) is 48.7 Å². The molecule has 1 aliphatic heterocycles. The highest BCUT2D eigenvalue weighted by atomic mass is 15.2. The van der Waals surface area contributed by atoms with E-state index in [2.05, 4.69) is 57.7 Å². The summed E-state index contributed by atoms with van der Waals surface area (Å²) in [6.07, 6.45) is 4.05. The third-order valence-corrected chi connectivity index (χ3v) is 3.99. The van der Waals surface area contributed by atoms with Gasteiger partial charge in [-0.25, -0.2) is 0 Å². The molecule has 2 heterocycles. The molecule has 0 aliphatic carbocycles. The largest absolute Gasteiger partial charge is 0.370 e. The molecule has 0 bridgehead atoms. The van der Waals surface area contributed by atoms with E-state index in [0.29, 0.717) is 6.04 Å². The zero-order valence-electron chi connectivity index (χ0n) is 11.9. The van der Waals surface area contributed by atoms with Gasteiger partial charge in [0.1, 0.15) is 0 Å². The van der Waals surface area contributed by atoms with E-state index in [1.165, 1.54) is 17.7 Å². The van der Waals surface area contributed by atoms with Crippen LogP contribution in [0.3, 0.4) is 0 Å². The van der Waals surface area contributed by atoms with Crippen LogP contribution in [-0.2, 0) is 6.42 Å². The van der Waals surface area contributed by atoms with Crippen LogP contribution in [0.5, 0.6) is 0 Å². The fourth-order valence-corrected chi connectivity index (χ4v) is 2.79. The number of rotatable bonds is 4. The summed E-state index contributed by atoms with van der Waals surface area (Å²) in [5.74, 6) is 0. The summed E-state index contributed by atoms with van der Waals surface area (Å²) >= 11 is 0. The fraction of sp³-hybridized carbons (Fsp3) is 0.353. The lowest BCUT2D eigenvalue weighted by Crippen LogP contribution is -2.29. The van der Waals surface area contributed by atoms with Crippen LogP contribution < -0.4 is 10.2 Å². The molecule has 20 heavy (non-hydrogen) atoms. The molecule has 1 aromatic carbocycles. The molecule has 1 aromatic heterocycles. The molecule has 0 amide bonds. The number of pyridine rings is 1. The average Bonchev–Trinajstić information content (AvgIpc) is 2.98. The van der Waals surface area contributed by atoms with Crippen LogP contribution in [0.1, 0.15) is 17.7 Å². The maximum atomic E-state index is 4.50. The van der Waals surface area contributed by atoms with Gasteiger partial charge >= 0.3 is 0 Å². The molecule has 3 nitrogen and oxygen atoms in total. The summed E-state index contributed by atoms with van der Waals surface area (Å²) in [5, 5.41) is 3.36. The van der Waals surface area contributed by atoms with E-state index in [4.69, 9.17) is 0 Å². The van der Waals surface area contributed by atoms with Crippen molar-refractivity contribution in [3.63, 3.8) is 0 Å². The lowest BCUT2D eigenvalue weighted by atomic mass is 10.1. The van der Waals surface area contributed by atoms with Crippen molar-refractivity contribution in [1.82, 2.24) is 10.3 Å². The Balaban J connectivity index is 1.73. The van der Waals surface area contributed by atoms with E-state index in [-0.39, 0.29) is 0 Å². The van der Waals surface area contributed by atoms with Gasteiger partial charge < -0.3 is 10.2 Å². The molecule has 104 valence electrons. The van der Waals surface area contributed by atoms with Crippen LogP contribution >= 0.6 is 0 Å². The molecule has 0 spiro atoms. The van der Waals surface area contributed by atoms with Gasteiger partial charge in [0.2, 0.25) is 0 Å². The van der Waals surface area contributed by atoms with Crippen molar-refractivity contribution in [2.24, 2.45) is 0 Å². The van der Waals surface area contributed by atoms with Crippen molar-refractivity contribution in [2.75, 3.05) is 25.0 Å². The second kappa shape index (κ2) is 6.06. The van der Waals surface area contributed by atoms with Gasteiger partial charge in [0.15, 0.2) is 0 Å². The first kappa shape index (κ1) is 13.1. The molecule has 1 saturated heterocycles. The van der Waals surface area contributed by atoms with Crippen LogP contribution in [-0.4, -0.2) is 31.2 Å². The van der Waals surface area contributed by atoms with E-state index < -0.39 is 0 Å². The van der Waals surface area contributed by atoms with Crippen LogP contribution in [0.2, 0.25) is 0 Å². The third-order valence-electron chi connectivity index (χ3n) is 3.99. The Bertz CT molecular complexity index is 553. The lowest BCUT2D eigenvalue weighted by Gasteiger charge is -2.19. The van der Waals surface area contributed by atoms with E-state index in [9.17, 15) is 0 Å². The Kier molecular flexibility index (Phi) is 3.97. The summed E-state index contributed by atoms with van der Waals surface area (Å²) in [6, 6.07) is 15.5. The fourth-order valence-electron chi connectivity index (χ4n) is 2.79. The van der Waals surface area contributed by atoms with E-state index in [1.807, 2.05) is 13.2 Å². The molecule has 0 saturated carbocycles. The minimum absolute atomic E-state index is 0.612. The highest BCUT2D eigenvalue weighted by Gasteiger charge is 2.21. The van der Waals surface area contributed by atoms with Crippen molar-refractivity contribution < 1.29 is 0 Å². The Morgan fingerprint density at radius 1 is 1.25 bits per heavy atom. The number of hydrogen-bond acceptors (Lipinski definition) is 3. The first-order chi connectivity index (χ1) is 9.85. The smallest absolute Gasteiger partial charge is 0.0468 e. The molecule has 1 N–H and O–H groups in total. The van der Waals surface area contributed by atoms with E-state index >= 15 is 0 Å². The van der Waals surface area contributed by atoms with Gasteiger partial charge in [-0.1, -0.05) is 30.3 Å². The molecule has 0 unspecified atom stereocenters. The van der Waals surface area contributed by atoms with Crippen molar-refractivity contribution in [2.45, 2.75) is 18.9 Å². The monoisotopic (exact) mass is 267 g/mol. The maximum Gasteiger partial charge on any atom is 0.0468 e. The van der Waals surface area contributed by atoms with E-state index in [0.717, 1.165) is 25.2 Å². The summed E-state index contributed by atoms with van der Waals surface area (Å²) < 4.78 is 0. The SMILES string of the molecule is CN[C@@H]1CCN(c2ccnc(Cc3ccccc3)c2)C1.